The van der Waals surface area contributed by atoms with Crippen LogP contribution in [0.5, 0.6) is 0 Å². The predicted molar refractivity (Wildman–Crippen MR) is 99.6 cm³/mol. The Hall–Kier alpha value is -2.37. The number of aromatic amines is 1. The first kappa shape index (κ1) is 17.1. The van der Waals surface area contributed by atoms with Gasteiger partial charge in [0.15, 0.2) is 5.69 Å². The lowest BCUT2D eigenvalue weighted by atomic mass is 9.86. The number of nitrogens with zero attached hydrogens (tertiary/aromatic N) is 1. The van der Waals surface area contributed by atoms with E-state index < -0.39 is 6.04 Å². The molecule has 2 aliphatic rings. The highest BCUT2D eigenvalue weighted by atomic mass is 16.2. The molecule has 1 aromatic heterocycles. The predicted octanol–water partition coefficient (Wildman–Crippen LogP) is 2.62. The zero-order valence-corrected chi connectivity index (χ0v) is 15.1. The fourth-order valence-corrected chi connectivity index (χ4v) is 4.73. The van der Waals surface area contributed by atoms with Crippen LogP contribution in [-0.4, -0.2) is 34.6 Å². The minimum Gasteiger partial charge on any atom is -0.354 e. The van der Waals surface area contributed by atoms with Crippen molar-refractivity contribution in [2.75, 3.05) is 6.54 Å². The lowest BCUT2D eigenvalue weighted by Gasteiger charge is -2.22. The van der Waals surface area contributed by atoms with Gasteiger partial charge in [-0.3, -0.25) is 14.7 Å². The quantitative estimate of drug-likeness (QED) is 0.745. The maximum Gasteiger partial charge on any atom is 0.273 e. The molecule has 0 radical (unpaired) electrons. The van der Waals surface area contributed by atoms with E-state index in [-0.39, 0.29) is 11.8 Å². The second-order valence-electron chi connectivity index (χ2n) is 7.83. The molecular weight excluding hydrogens is 328 g/mol. The molecule has 3 N–H and O–H groups in total. The Morgan fingerprint density at radius 1 is 1.27 bits per heavy atom. The first-order chi connectivity index (χ1) is 12.6. The molecule has 138 valence electrons. The van der Waals surface area contributed by atoms with E-state index in [1.54, 1.807) is 6.92 Å². The van der Waals surface area contributed by atoms with Gasteiger partial charge in [0.25, 0.3) is 5.91 Å². The zero-order valence-electron chi connectivity index (χ0n) is 15.1. The summed E-state index contributed by atoms with van der Waals surface area (Å²) >= 11 is 0. The van der Waals surface area contributed by atoms with Crippen molar-refractivity contribution in [1.82, 2.24) is 20.8 Å². The first-order valence-electron chi connectivity index (χ1n) is 9.63. The van der Waals surface area contributed by atoms with Crippen LogP contribution < -0.4 is 10.6 Å². The molecule has 2 fully saturated rings. The van der Waals surface area contributed by atoms with Crippen molar-refractivity contribution in [1.29, 1.82) is 0 Å². The highest BCUT2D eigenvalue weighted by Crippen LogP contribution is 2.49. The number of hydrogen-bond acceptors (Lipinski definition) is 3. The van der Waals surface area contributed by atoms with Crippen molar-refractivity contribution in [3.05, 3.63) is 30.0 Å². The molecule has 6 nitrogen and oxygen atoms in total. The molecule has 6 heteroatoms. The van der Waals surface area contributed by atoms with Crippen LogP contribution in [0.2, 0.25) is 0 Å². The van der Waals surface area contributed by atoms with Gasteiger partial charge in [-0.05, 0) is 56.4 Å². The van der Waals surface area contributed by atoms with Gasteiger partial charge >= 0.3 is 0 Å². The third-order valence-electron chi connectivity index (χ3n) is 6.13. The Kier molecular flexibility index (Phi) is 4.66. The second-order valence-corrected chi connectivity index (χ2v) is 7.83. The molecule has 1 heterocycles. The molecule has 4 atom stereocenters. The van der Waals surface area contributed by atoms with Crippen molar-refractivity contribution in [2.24, 2.45) is 17.8 Å². The number of nitrogens with one attached hydrogen (secondary N) is 3. The van der Waals surface area contributed by atoms with E-state index in [0.717, 1.165) is 35.1 Å². The molecule has 26 heavy (non-hydrogen) atoms. The summed E-state index contributed by atoms with van der Waals surface area (Å²) in [6, 6.07) is 6.87. The highest BCUT2D eigenvalue weighted by Gasteiger charge is 2.38. The summed E-state index contributed by atoms with van der Waals surface area (Å²) < 4.78 is 0. The van der Waals surface area contributed by atoms with E-state index in [9.17, 15) is 9.59 Å². The number of rotatable bonds is 6. The van der Waals surface area contributed by atoms with Crippen LogP contribution in [-0.2, 0) is 4.79 Å². The number of benzene rings is 1. The van der Waals surface area contributed by atoms with Crippen molar-refractivity contribution in [2.45, 2.75) is 45.1 Å². The number of carbonyl (C=O) groups is 2. The zero-order chi connectivity index (χ0) is 18.1. The lowest BCUT2D eigenvalue weighted by Crippen LogP contribution is -2.45. The van der Waals surface area contributed by atoms with Crippen molar-refractivity contribution in [3.63, 3.8) is 0 Å². The molecule has 2 aromatic rings. The SMILES string of the molecule is CC(NC(=O)c1n[nH]c2ccccc12)C(=O)NCCC1CC2CCC1C2. The molecule has 2 bridgehead atoms. The number of hydrogen-bond donors (Lipinski definition) is 3. The monoisotopic (exact) mass is 354 g/mol. The third kappa shape index (κ3) is 3.32. The molecule has 2 aliphatic carbocycles. The standard InChI is InChI=1S/C20H26N4O2/c1-12(19(25)21-9-8-15-11-13-6-7-14(15)10-13)22-20(26)18-16-4-2-3-5-17(16)23-24-18/h2-5,12-15H,6-11H2,1H3,(H,21,25)(H,22,26)(H,23,24). The van der Waals surface area contributed by atoms with Gasteiger partial charge in [-0.1, -0.05) is 24.6 Å². The summed E-state index contributed by atoms with van der Waals surface area (Å²) in [5.41, 5.74) is 1.13. The molecule has 0 saturated heterocycles. The summed E-state index contributed by atoms with van der Waals surface area (Å²) in [5, 5.41) is 13.4. The topological polar surface area (TPSA) is 86.9 Å². The normalized spacial score (nSPS) is 25.3. The van der Waals surface area contributed by atoms with E-state index in [1.165, 1.54) is 25.7 Å². The van der Waals surface area contributed by atoms with Crippen LogP contribution in [0.1, 0.15) is 49.5 Å². The molecule has 4 rings (SSSR count). The molecular formula is C20H26N4O2. The van der Waals surface area contributed by atoms with Crippen LogP contribution in [0.15, 0.2) is 24.3 Å². The minimum absolute atomic E-state index is 0.138. The fraction of sp³-hybridized carbons (Fsp3) is 0.550. The van der Waals surface area contributed by atoms with Gasteiger partial charge in [0.05, 0.1) is 5.52 Å². The van der Waals surface area contributed by atoms with Crippen LogP contribution in [0.25, 0.3) is 10.9 Å². The maximum atomic E-state index is 12.4. The molecule has 1 aromatic carbocycles. The Morgan fingerprint density at radius 3 is 2.88 bits per heavy atom. The van der Waals surface area contributed by atoms with Gasteiger partial charge in [-0.2, -0.15) is 5.10 Å². The number of amides is 2. The smallest absolute Gasteiger partial charge is 0.273 e. The molecule has 0 spiro atoms. The van der Waals surface area contributed by atoms with Gasteiger partial charge in [0, 0.05) is 11.9 Å². The maximum absolute atomic E-state index is 12.4. The van der Waals surface area contributed by atoms with Gasteiger partial charge in [0.2, 0.25) is 5.91 Å². The Morgan fingerprint density at radius 2 is 2.12 bits per heavy atom. The summed E-state index contributed by atoms with van der Waals surface area (Å²) in [7, 11) is 0. The minimum atomic E-state index is -0.585. The van der Waals surface area contributed by atoms with Crippen molar-refractivity contribution < 1.29 is 9.59 Å². The van der Waals surface area contributed by atoms with E-state index in [1.807, 2.05) is 24.3 Å². The van der Waals surface area contributed by atoms with Crippen LogP contribution in [0.3, 0.4) is 0 Å². The van der Waals surface area contributed by atoms with E-state index in [4.69, 9.17) is 0 Å². The van der Waals surface area contributed by atoms with Crippen molar-refractivity contribution in [3.8, 4) is 0 Å². The number of para-hydroxylation sites is 1. The Bertz CT molecular complexity index is 815. The van der Waals surface area contributed by atoms with Gasteiger partial charge in [-0.15, -0.1) is 0 Å². The van der Waals surface area contributed by atoms with E-state index in [2.05, 4.69) is 20.8 Å². The largest absolute Gasteiger partial charge is 0.354 e. The Labute approximate surface area is 153 Å². The molecule has 2 saturated carbocycles. The van der Waals surface area contributed by atoms with Crippen molar-refractivity contribution >= 4 is 22.7 Å². The molecule has 0 aliphatic heterocycles. The fourth-order valence-electron chi connectivity index (χ4n) is 4.73. The first-order valence-corrected chi connectivity index (χ1v) is 9.63. The summed E-state index contributed by atoms with van der Waals surface area (Å²) in [4.78, 5) is 24.7. The number of H-pyrrole nitrogens is 1. The van der Waals surface area contributed by atoms with Crippen LogP contribution in [0.4, 0.5) is 0 Å². The number of aromatic nitrogens is 2. The third-order valence-corrected chi connectivity index (χ3v) is 6.13. The number of fused-ring (bicyclic) bond motifs is 3. The summed E-state index contributed by atoms with van der Waals surface area (Å²) in [6.07, 6.45) is 6.55. The molecule has 4 unspecified atom stereocenters. The van der Waals surface area contributed by atoms with E-state index >= 15 is 0 Å². The van der Waals surface area contributed by atoms with E-state index in [0.29, 0.717) is 12.2 Å². The average molecular weight is 354 g/mol. The second kappa shape index (κ2) is 7.09. The number of carbonyl (C=O) groups excluding carboxylic acids is 2. The van der Waals surface area contributed by atoms with Gasteiger partial charge in [0.1, 0.15) is 6.04 Å². The average Bonchev–Trinajstić information content (AvgIpc) is 3.36. The van der Waals surface area contributed by atoms with Gasteiger partial charge < -0.3 is 10.6 Å². The summed E-state index contributed by atoms with van der Waals surface area (Å²) in [6.45, 7) is 2.40. The highest BCUT2D eigenvalue weighted by molar-refractivity contribution is 6.05. The lowest BCUT2D eigenvalue weighted by molar-refractivity contribution is -0.122. The summed E-state index contributed by atoms with van der Waals surface area (Å²) in [5.74, 6) is 2.11. The van der Waals surface area contributed by atoms with Gasteiger partial charge in [-0.25, -0.2) is 0 Å². The molecule has 2 amide bonds. The van der Waals surface area contributed by atoms with Crippen LogP contribution >= 0.6 is 0 Å². The van der Waals surface area contributed by atoms with Crippen LogP contribution in [0, 0.1) is 17.8 Å². The Balaban J connectivity index is 1.26.